The van der Waals surface area contributed by atoms with Gasteiger partial charge in [0.2, 0.25) is 0 Å². The molecule has 0 heterocycles. The monoisotopic (exact) mass is 236 g/mol. The van der Waals surface area contributed by atoms with Gasteiger partial charge in [-0.05, 0) is 5.92 Å². The molecule has 1 N–H and O–H groups in total. The van der Waals surface area contributed by atoms with Crippen LogP contribution < -0.4 is 0 Å². The number of hydrogen-bond acceptors (Lipinski definition) is 2. The van der Waals surface area contributed by atoms with E-state index in [9.17, 15) is 26.7 Å². The molecule has 1 unspecified atom stereocenters. The number of ether oxygens (including phenoxy) is 1. The van der Waals surface area contributed by atoms with Crippen LogP contribution in [0, 0.1) is 5.92 Å². The van der Waals surface area contributed by atoms with Gasteiger partial charge in [-0.15, -0.1) is 0 Å². The molecule has 0 saturated heterocycles. The van der Waals surface area contributed by atoms with E-state index in [-0.39, 0.29) is 0 Å². The Labute approximate surface area is 81.8 Å². The van der Waals surface area contributed by atoms with E-state index in [1.54, 1.807) is 0 Å². The van der Waals surface area contributed by atoms with E-state index in [0.717, 1.165) is 6.92 Å². The second-order valence-electron chi connectivity index (χ2n) is 3.09. The van der Waals surface area contributed by atoms with Gasteiger partial charge in [-0.2, -0.15) is 22.0 Å². The van der Waals surface area contributed by atoms with Gasteiger partial charge in [-0.25, -0.2) is 4.79 Å². The zero-order valence-corrected chi connectivity index (χ0v) is 7.65. The third kappa shape index (κ3) is 4.80. The van der Waals surface area contributed by atoms with Crippen LogP contribution in [0.15, 0.2) is 0 Å². The van der Waals surface area contributed by atoms with E-state index < -0.39 is 37.2 Å². The standard InChI is InChI=1S/C7H9F5O3/c1-4(3-15-5(13)14)2-6(8,9)7(10,11)12/h4H,2-3H2,1H3,(H,13,14). The van der Waals surface area contributed by atoms with Gasteiger partial charge in [0.1, 0.15) is 0 Å². The zero-order chi connectivity index (χ0) is 12.3. The highest BCUT2D eigenvalue weighted by Crippen LogP contribution is 2.39. The molecule has 0 amide bonds. The maximum atomic E-state index is 12.4. The van der Waals surface area contributed by atoms with Crippen molar-refractivity contribution in [2.24, 2.45) is 5.92 Å². The Balaban J connectivity index is 4.16. The molecular formula is C7H9F5O3. The van der Waals surface area contributed by atoms with Crippen molar-refractivity contribution in [2.45, 2.75) is 25.4 Å². The van der Waals surface area contributed by atoms with Crippen LogP contribution in [0.2, 0.25) is 0 Å². The second kappa shape index (κ2) is 4.63. The first kappa shape index (κ1) is 13.9. The second-order valence-corrected chi connectivity index (χ2v) is 3.09. The SMILES string of the molecule is CC(COC(=O)O)CC(F)(F)C(F)(F)F. The lowest BCUT2D eigenvalue weighted by Crippen LogP contribution is -2.38. The first-order valence-electron chi connectivity index (χ1n) is 3.86. The fraction of sp³-hybridized carbons (Fsp3) is 0.857. The molecule has 0 rings (SSSR count). The highest BCUT2D eigenvalue weighted by molar-refractivity contribution is 5.56. The quantitative estimate of drug-likeness (QED) is 0.603. The van der Waals surface area contributed by atoms with Gasteiger partial charge in [0.15, 0.2) is 0 Å². The van der Waals surface area contributed by atoms with Gasteiger partial charge >= 0.3 is 18.3 Å². The molecule has 0 aliphatic carbocycles. The fourth-order valence-electron chi connectivity index (χ4n) is 0.826. The lowest BCUT2D eigenvalue weighted by Gasteiger charge is -2.22. The highest BCUT2D eigenvalue weighted by atomic mass is 19.4. The summed E-state index contributed by atoms with van der Waals surface area (Å²) < 4.78 is 63.7. The summed E-state index contributed by atoms with van der Waals surface area (Å²) >= 11 is 0. The average Bonchev–Trinajstić information content (AvgIpc) is 1.97. The number of rotatable bonds is 4. The largest absolute Gasteiger partial charge is 0.505 e. The number of carbonyl (C=O) groups is 1. The van der Waals surface area contributed by atoms with Crippen LogP contribution >= 0.6 is 0 Å². The van der Waals surface area contributed by atoms with E-state index in [4.69, 9.17) is 5.11 Å². The van der Waals surface area contributed by atoms with Crippen LogP contribution in [0.1, 0.15) is 13.3 Å². The highest BCUT2D eigenvalue weighted by Gasteiger charge is 2.57. The van der Waals surface area contributed by atoms with Gasteiger partial charge in [0, 0.05) is 6.42 Å². The van der Waals surface area contributed by atoms with E-state index >= 15 is 0 Å². The van der Waals surface area contributed by atoms with E-state index in [1.165, 1.54) is 0 Å². The molecule has 0 aromatic rings. The minimum Gasteiger partial charge on any atom is -0.450 e. The van der Waals surface area contributed by atoms with Crippen molar-refractivity contribution in [3.8, 4) is 0 Å². The fourth-order valence-corrected chi connectivity index (χ4v) is 0.826. The lowest BCUT2D eigenvalue weighted by molar-refractivity contribution is -0.288. The predicted molar refractivity (Wildman–Crippen MR) is 38.8 cm³/mol. The first-order chi connectivity index (χ1) is 6.56. The minimum absolute atomic E-state index is 0.693. The van der Waals surface area contributed by atoms with Crippen molar-refractivity contribution in [2.75, 3.05) is 6.61 Å². The Hall–Kier alpha value is -1.08. The number of carboxylic acid groups (broad SMARTS) is 1. The Morgan fingerprint density at radius 3 is 2.13 bits per heavy atom. The summed E-state index contributed by atoms with van der Waals surface area (Å²) in [7, 11) is 0. The molecule has 0 fully saturated rings. The van der Waals surface area contributed by atoms with Crippen LogP contribution in [0.5, 0.6) is 0 Å². The molecule has 0 aliphatic rings. The van der Waals surface area contributed by atoms with E-state index in [0.29, 0.717) is 0 Å². The van der Waals surface area contributed by atoms with Crippen LogP contribution in [0.3, 0.4) is 0 Å². The Kier molecular flexibility index (Phi) is 4.29. The summed E-state index contributed by atoms with van der Waals surface area (Å²) in [6.07, 6.45) is -8.83. The van der Waals surface area contributed by atoms with Crippen LogP contribution in [0.4, 0.5) is 26.7 Å². The Morgan fingerprint density at radius 2 is 1.80 bits per heavy atom. The summed E-state index contributed by atoms with van der Waals surface area (Å²) in [6.45, 7) is 0.351. The van der Waals surface area contributed by atoms with Gasteiger partial charge in [-0.3, -0.25) is 0 Å². The summed E-state index contributed by atoms with van der Waals surface area (Å²) in [6, 6.07) is 0. The molecule has 0 aromatic heterocycles. The maximum absolute atomic E-state index is 12.4. The molecule has 8 heteroatoms. The van der Waals surface area contributed by atoms with E-state index in [1.807, 2.05) is 0 Å². The van der Waals surface area contributed by atoms with Crippen molar-refractivity contribution in [3.63, 3.8) is 0 Å². The zero-order valence-electron chi connectivity index (χ0n) is 7.65. The third-order valence-electron chi connectivity index (χ3n) is 1.51. The smallest absolute Gasteiger partial charge is 0.450 e. The maximum Gasteiger partial charge on any atom is 0.505 e. The molecule has 15 heavy (non-hydrogen) atoms. The van der Waals surface area contributed by atoms with Crippen molar-refractivity contribution in [1.82, 2.24) is 0 Å². The summed E-state index contributed by atoms with van der Waals surface area (Å²) in [5.74, 6) is -6.04. The van der Waals surface area contributed by atoms with Gasteiger partial charge < -0.3 is 9.84 Å². The molecular weight excluding hydrogens is 227 g/mol. The van der Waals surface area contributed by atoms with Crippen molar-refractivity contribution < 1.29 is 36.6 Å². The minimum atomic E-state index is -5.62. The first-order valence-corrected chi connectivity index (χ1v) is 3.86. The Bertz CT molecular complexity index is 225. The Morgan fingerprint density at radius 1 is 1.33 bits per heavy atom. The van der Waals surface area contributed by atoms with Gasteiger partial charge in [0.05, 0.1) is 6.61 Å². The van der Waals surface area contributed by atoms with Gasteiger partial charge in [0.25, 0.3) is 0 Å². The number of hydrogen-bond donors (Lipinski definition) is 1. The third-order valence-corrected chi connectivity index (χ3v) is 1.51. The molecule has 0 spiro atoms. The van der Waals surface area contributed by atoms with Crippen molar-refractivity contribution in [1.29, 1.82) is 0 Å². The molecule has 0 aliphatic heterocycles. The molecule has 0 aromatic carbocycles. The molecule has 0 radical (unpaired) electrons. The van der Waals surface area contributed by atoms with Crippen molar-refractivity contribution in [3.05, 3.63) is 0 Å². The molecule has 0 saturated carbocycles. The average molecular weight is 236 g/mol. The van der Waals surface area contributed by atoms with E-state index in [2.05, 4.69) is 4.74 Å². The normalized spacial score (nSPS) is 14.8. The summed E-state index contributed by atoms with van der Waals surface area (Å²) in [5, 5.41) is 7.99. The topological polar surface area (TPSA) is 46.5 Å². The van der Waals surface area contributed by atoms with Crippen molar-refractivity contribution >= 4 is 6.16 Å². The van der Waals surface area contributed by atoms with Crippen LogP contribution in [-0.2, 0) is 4.74 Å². The summed E-state index contributed by atoms with van der Waals surface area (Å²) in [5.41, 5.74) is 0. The predicted octanol–water partition coefficient (Wildman–Crippen LogP) is 2.90. The van der Waals surface area contributed by atoms with Crippen LogP contribution in [-0.4, -0.2) is 30.0 Å². The van der Waals surface area contributed by atoms with Gasteiger partial charge in [-0.1, -0.05) is 6.92 Å². The van der Waals surface area contributed by atoms with Crippen LogP contribution in [0.25, 0.3) is 0 Å². The number of alkyl halides is 5. The molecule has 3 nitrogen and oxygen atoms in total. The lowest BCUT2D eigenvalue weighted by atomic mass is 10.0. The number of halogens is 5. The molecule has 1 atom stereocenters. The summed E-state index contributed by atoms with van der Waals surface area (Å²) in [4.78, 5) is 9.83. The molecule has 0 bridgehead atoms. The molecule has 90 valence electrons.